The van der Waals surface area contributed by atoms with Crippen molar-refractivity contribution in [1.29, 1.82) is 0 Å². The van der Waals surface area contributed by atoms with E-state index in [0.717, 1.165) is 23.9 Å². The molecule has 2 aromatic heterocycles. The van der Waals surface area contributed by atoms with Gasteiger partial charge in [0.25, 0.3) is 0 Å². The monoisotopic (exact) mass is 243 g/mol. The van der Waals surface area contributed by atoms with E-state index in [2.05, 4.69) is 22.4 Å². The summed E-state index contributed by atoms with van der Waals surface area (Å²) in [6.07, 6.45) is 1.00. The molecule has 0 amide bonds. The number of aromatic nitrogens is 2. The molecule has 0 spiro atoms. The molecule has 5 nitrogen and oxygen atoms in total. The average Bonchev–Trinajstić information content (AvgIpc) is 3.02. The predicted molar refractivity (Wildman–Crippen MR) is 68.3 cm³/mol. The second-order valence-electron chi connectivity index (χ2n) is 4.00. The standard InChI is InChI=1S/C13H13N3O2/c1-2-7-14-13-15-12(16-18-13)11-8-9-5-3-4-6-10(9)17-11/h3-6,8H,2,7H2,1H3,(H,14,15,16). The van der Waals surface area contributed by atoms with E-state index in [0.29, 0.717) is 17.6 Å². The Morgan fingerprint density at radius 3 is 3.00 bits per heavy atom. The van der Waals surface area contributed by atoms with Crippen LogP contribution in [0.4, 0.5) is 6.01 Å². The summed E-state index contributed by atoms with van der Waals surface area (Å²) in [5, 5.41) is 7.96. The van der Waals surface area contributed by atoms with Crippen LogP contribution in [0.1, 0.15) is 13.3 Å². The fourth-order valence-corrected chi connectivity index (χ4v) is 1.72. The lowest BCUT2D eigenvalue weighted by Crippen LogP contribution is -1.99. The van der Waals surface area contributed by atoms with Gasteiger partial charge in [-0.3, -0.25) is 0 Å². The number of benzene rings is 1. The van der Waals surface area contributed by atoms with Crippen molar-refractivity contribution in [2.75, 3.05) is 11.9 Å². The molecule has 0 unspecified atom stereocenters. The average molecular weight is 243 g/mol. The number of para-hydroxylation sites is 1. The summed E-state index contributed by atoms with van der Waals surface area (Å²) < 4.78 is 10.7. The summed E-state index contributed by atoms with van der Waals surface area (Å²) in [5.41, 5.74) is 0.820. The van der Waals surface area contributed by atoms with E-state index in [1.54, 1.807) is 0 Å². The van der Waals surface area contributed by atoms with Crippen LogP contribution in [0.25, 0.3) is 22.6 Å². The van der Waals surface area contributed by atoms with Gasteiger partial charge in [-0.1, -0.05) is 30.3 Å². The van der Waals surface area contributed by atoms with Crippen molar-refractivity contribution in [2.24, 2.45) is 0 Å². The lowest BCUT2D eigenvalue weighted by Gasteiger charge is -1.93. The molecule has 0 bridgehead atoms. The second kappa shape index (κ2) is 4.52. The van der Waals surface area contributed by atoms with Crippen LogP contribution in [0.2, 0.25) is 0 Å². The maximum absolute atomic E-state index is 5.66. The highest BCUT2D eigenvalue weighted by molar-refractivity contribution is 5.81. The number of hydrogen-bond donors (Lipinski definition) is 1. The molecule has 1 N–H and O–H groups in total. The molecule has 0 fully saturated rings. The molecule has 5 heteroatoms. The van der Waals surface area contributed by atoms with Gasteiger partial charge in [-0.2, -0.15) is 4.98 Å². The molecule has 2 heterocycles. The van der Waals surface area contributed by atoms with E-state index in [1.807, 2.05) is 30.3 Å². The van der Waals surface area contributed by atoms with Crippen molar-refractivity contribution in [1.82, 2.24) is 10.1 Å². The van der Waals surface area contributed by atoms with Gasteiger partial charge in [0.15, 0.2) is 5.76 Å². The minimum Gasteiger partial charge on any atom is -0.453 e. The first kappa shape index (κ1) is 10.8. The fraction of sp³-hybridized carbons (Fsp3) is 0.231. The first-order valence-corrected chi connectivity index (χ1v) is 5.93. The minimum absolute atomic E-state index is 0.423. The van der Waals surface area contributed by atoms with Crippen LogP contribution in [0.5, 0.6) is 0 Å². The van der Waals surface area contributed by atoms with Crippen LogP contribution in [-0.4, -0.2) is 16.7 Å². The van der Waals surface area contributed by atoms with Gasteiger partial charge in [0.1, 0.15) is 5.58 Å². The molecule has 0 aliphatic heterocycles. The van der Waals surface area contributed by atoms with E-state index in [-0.39, 0.29) is 0 Å². The van der Waals surface area contributed by atoms with E-state index in [4.69, 9.17) is 8.94 Å². The Hall–Kier alpha value is -2.30. The smallest absolute Gasteiger partial charge is 0.321 e. The van der Waals surface area contributed by atoms with E-state index < -0.39 is 0 Å². The zero-order chi connectivity index (χ0) is 12.4. The zero-order valence-electron chi connectivity index (χ0n) is 10.0. The second-order valence-corrected chi connectivity index (χ2v) is 4.00. The van der Waals surface area contributed by atoms with Gasteiger partial charge in [-0.15, -0.1) is 0 Å². The van der Waals surface area contributed by atoms with Gasteiger partial charge in [0, 0.05) is 11.9 Å². The molecule has 92 valence electrons. The lowest BCUT2D eigenvalue weighted by atomic mass is 10.2. The molecule has 1 aromatic carbocycles. The molecular formula is C13H13N3O2. The molecule has 0 radical (unpaired) electrons. The lowest BCUT2D eigenvalue weighted by molar-refractivity contribution is 0.430. The van der Waals surface area contributed by atoms with E-state index >= 15 is 0 Å². The topological polar surface area (TPSA) is 64.1 Å². The SMILES string of the molecule is CCCNc1nc(-c2cc3ccccc3o2)no1. The van der Waals surface area contributed by atoms with Crippen LogP contribution >= 0.6 is 0 Å². The third kappa shape index (κ3) is 1.95. The highest BCUT2D eigenvalue weighted by Crippen LogP contribution is 2.26. The Kier molecular flexibility index (Phi) is 2.72. The van der Waals surface area contributed by atoms with Gasteiger partial charge in [0.05, 0.1) is 0 Å². The maximum Gasteiger partial charge on any atom is 0.321 e. The number of furan rings is 1. The van der Waals surface area contributed by atoms with Crippen LogP contribution < -0.4 is 5.32 Å². The van der Waals surface area contributed by atoms with Gasteiger partial charge in [0.2, 0.25) is 5.82 Å². The van der Waals surface area contributed by atoms with Crippen molar-refractivity contribution in [3.63, 3.8) is 0 Å². The molecule has 3 rings (SSSR count). The van der Waals surface area contributed by atoms with Crippen molar-refractivity contribution in [3.05, 3.63) is 30.3 Å². The first-order chi connectivity index (χ1) is 8.86. The summed E-state index contributed by atoms with van der Waals surface area (Å²) in [6, 6.07) is 10.1. The zero-order valence-corrected chi connectivity index (χ0v) is 10.0. The molecule has 3 aromatic rings. The molecular weight excluding hydrogens is 230 g/mol. The maximum atomic E-state index is 5.66. The van der Waals surface area contributed by atoms with Gasteiger partial charge >= 0.3 is 6.01 Å². The normalized spacial score (nSPS) is 10.9. The van der Waals surface area contributed by atoms with Gasteiger partial charge in [-0.25, -0.2) is 0 Å². The van der Waals surface area contributed by atoms with Crippen molar-refractivity contribution >= 4 is 17.0 Å². The molecule has 0 saturated heterocycles. The number of hydrogen-bond acceptors (Lipinski definition) is 5. The number of fused-ring (bicyclic) bond motifs is 1. The summed E-state index contributed by atoms with van der Waals surface area (Å²) >= 11 is 0. The fourth-order valence-electron chi connectivity index (χ4n) is 1.72. The molecule has 18 heavy (non-hydrogen) atoms. The van der Waals surface area contributed by atoms with Crippen molar-refractivity contribution in [3.8, 4) is 11.6 Å². The Morgan fingerprint density at radius 2 is 2.17 bits per heavy atom. The Morgan fingerprint density at radius 1 is 1.28 bits per heavy atom. The first-order valence-electron chi connectivity index (χ1n) is 5.93. The van der Waals surface area contributed by atoms with Gasteiger partial charge < -0.3 is 14.3 Å². The summed E-state index contributed by atoms with van der Waals surface area (Å²) in [5.74, 6) is 1.08. The van der Waals surface area contributed by atoms with Crippen LogP contribution in [-0.2, 0) is 0 Å². The predicted octanol–water partition coefficient (Wildman–Crippen LogP) is 3.30. The number of nitrogens with one attached hydrogen (secondary N) is 1. The Labute approximate surface area is 104 Å². The van der Waals surface area contributed by atoms with E-state index in [9.17, 15) is 0 Å². The van der Waals surface area contributed by atoms with E-state index in [1.165, 1.54) is 0 Å². The molecule has 0 atom stereocenters. The highest BCUT2D eigenvalue weighted by atomic mass is 16.5. The molecule has 0 aliphatic carbocycles. The third-order valence-corrected chi connectivity index (χ3v) is 2.60. The van der Waals surface area contributed by atoms with Crippen molar-refractivity contribution < 1.29 is 8.94 Å². The van der Waals surface area contributed by atoms with Crippen molar-refractivity contribution in [2.45, 2.75) is 13.3 Å². The summed E-state index contributed by atoms with van der Waals surface area (Å²) in [7, 11) is 0. The third-order valence-electron chi connectivity index (χ3n) is 2.60. The molecule has 0 saturated carbocycles. The van der Waals surface area contributed by atoms with Gasteiger partial charge in [-0.05, 0) is 18.6 Å². The highest BCUT2D eigenvalue weighted by Gasteiger charge is 2.12. The van der Waals surface area contributed by atoms with Crippen LogP contribution in [0, 0.1) is 0 Å². The summed E-state index contributed by atoms with van der Waals surface area (Å²) in [4.78, 5) is 4.23. The Balaban J connectivity index is 1.91. The largest absolute Gasteiger partial charge is 0.453 e. The Bertz CT molecular complexity index is 624. The number of nitrogens with zero attached hydrogens (tertiary/aromatic N) is 2. The summed E-state index contributed by atoms with van der Waals surface area (Å²) in [6.45, 7) is 2.88. The van der Waals surface area contributed by atoms with Crippen LogP contribution in [0.3, 0.4) is 0 Å². The quantitative estimate of drug-likeness (QED) is 0.761. The number of anilines is 1. The number of rotatable bonds is 4. The minimum atomic E-state index is 0.423. The molecule has 0 aliphatic rings. The van der Waals surface area contributed by atoms with Crippen LogP contribution in [0.15, 0.2) is 39.3 Å².